The highest BCUT2D eigenvalue weighted by atomic mass is 16.7. The predicted octanol–water partition coefficient (Wildman–Crippen LogP) is 1.67. The molecule has 0 radical (unpaired) electrons. The highest BCUT2D eigenvalue weighted by Gasteiger charge is 2.13. The van der Waals surface area contributed by atoms with E-state index in [1.165, 1.54) is 4.68 Å². The van der Waals surface area contributed by atoms with E-state index >= 15 is 0 Å². The molecule has 0 aliphatic carbocycles. The minimum absolute atomic E-state index is 0.341. The summed E-state index contributed by atoms with van der Waals surface area (Å²) >= 11 is 0. The van der Waals surface area contributed by atoms with Crippen LogP contribution in [-0.4, -0.2) is 22.2 Å². The summed E-state index contributed by atoms with van der Waals surface area (Å²) in [6.07, 6.45) is 2.41. The van der Waals surface area contributed by atoms with Gasteiger partial charge in [0.15, 0.2) is 0 Å². The Bertz CT molecular complexity index is 657. The van der Waals surface area contributed by atoms with Crippen LogP contribution in [0.2, 0.25) is 0 Å². The van der Waals surface area contributed by atoms with Gasteiger partial charge in [-0.2, -0.15) is 0 Å². The number of hydrogen-bond donors (Lipinski definition) is 1. The maximum absolute atomic E-state index is 12.1. The lowest BCUT2D eigenvalue weighted by atomic mass is 10.2. The summed E-state index contributed by atoms with van der Waals surface area (Å²) in [5.74, 6) is 0. The lowest BCUT2D eigenvalue weighted by molar-refractivity contribution is 0.0963. The van der Waals surface area contributed by atoms with Crippen LogP contribution in [0.15, 0.2) is 29.1 Å². The van der Waals surface area contributed by atoms with Crippen molar-refractivity contribution in [2.45, 2.75) is 26.2 Å². The van der Waals surface area contributed by atoms with Crippen molar-refractivity contribution in [2.24, 2.45) is 7.05 Å². The van der Waals surface area contributed by atoms with E-state index in [1.54, 1.807) is 25.2 Å². The van der Waals surface area contributed by atoms with Gasteiger partial charge in [0, 0.05) is 13.6 Å². The monoisotopic (exact) mass is 277 g/mol. The number of para-hydroxylation sites is 1. The second-order valence-electron chi connectivity index (χ2n) is 4.63. The maximum atomic E-state index is 12.1. The van der Waals surface area contributed by atoms with E-state index in [9.17, 15) is 9.59 Å². The van der Waals surface area contributed by atoms with Gasteiger partial charge in [-0.05, 0) is 18.6 Å². The van der Waals surface area contributed by atoms with Crippen molar-refractivity contribution in [3.05, 3.63) is 34.6 Å². The molecule has 0 saturated carbocycles. The van der Waals surface area contributed by atoms with Gasteiger partial charge in [-0.15, -0.1) is 0 Å². The lowest BCUT2D eigenvalue weighted by Crippen LogP contribution is -2.39. The van der Waals surface area contributed by atoms with E-state index in [0.717, 1.165) is 29.6 Å². The van der Waals surface area contributed by atoms with Crippen molar-refractivity contribution in [2.75, 3.05) is 6.54 Å². The fourth-order valence-electron chi connectivity index (χ4n) is 2.05. The molecule has 2 aromatic rings. The summed E-state index contributed by atoms with van der Waals surface area (Å²) in [5.41, 5.74) is 0.378. The van der Waals surface area contributed by atoms with Crippen LogP contribution in [0.4, 0.5) is 4.79 Å². The molecule has 1 amide bonds. The minimum Gasteiger partial charge on any atom is -0.320 e. The van der Waals surface area contributed by atoms with Gasteiger partial charge >= 0.3 is 11.7 Å². The van der Waals surface area contributed by atoms with Crippen molar-refractivity contribution in [3.8, 4) is 0 Å². The van der Waals surface area contributed by atoms with Gasteiger partial charge in [-0.3, -0.25) is 14.3 Å². The van der Waals surface area contributed by atoms with Gasteiger partial charge in [0.05, 0.1) is 10.9 Å². The normalized spacial score (nSPS) is 10.7. The van der Waals surface area contributed by atoms with Gasteiger partial charge in [0.2, 0.25) is 0 Å². The third kappa shape index (κ3) is 2.84. The first kappa shape index (κ1) is 14.2. The molecule has 6 nitrogen and oxygen atoms in total. The van der Waals surface area contributed by atoms with E-state index in [1.807, 2.05) is 6.07 Å². The number of amides is 1. The quantitative estimate of drug-likeness (QED) is 0.845. The highest BCUT2D eigenvalue weighted by molar-refractivity contribution is 5.78. The number of benzene rings is 1. The molecule has 0 unspecified atom stereocenters. The molecule has 0 spiro atoms. The molecular weight excluding hydrogens is 258 g/mol. The molecule has 0 atom stereocenters. The molecule has 1 aromatic carbocycles. The SMILES string of the molecule is CCCCCNC(=O)On1c(=O)c2ccccc2n1C. The van der Waals surface area contributed by atoms with Gasteiger partial charge < -0.3 is 5.32 Å². The van der Waals surface area contributed by atoms with Crippen molar-refractivity contribution < 1.29 is 9.63 Å². The van der Waals surface area contributed by atoms with E-state index in [-0.39, 0.29) is 5.56 Å². The van der Waals surface area contributed by atoms with Crippen molar-refractivity contribution in [1.82, 2.24) is 14.8 Å². The molecule has 1 N–H and O–H groups in total. The van der Waals surface area contributed by atoms with Gasteiger partial charge in [0.25, 0.3) is 0 Å². The first-order valence-corrected chi connectivity index (χ1v) is 6.78. The van der Waals surface area contributed by atoms with Crippen molar-refractivity contribution in [1.29, 1.82) is 0 Å². The lowest BCUT2D eigenvalue weighted by Gasteiger charge is -2.08. The largest absolute Gasteiger partial charge is 0.433 e. The zero-order chi connectivity index (χ0) is 14.5. The Labute approximate surface area is 116 Å². The van der Waals surface area contributed by atoms with Gasteiger partial charge in [-0.1, -0.05) is 36.7 Å². The van der Waals surface area contributed by atoms with E-state index < -0.39 is 6.09 Å². The van der Waals surface area contributed by atoms with Crippen molar-refractivity contribution in [3.63, 3.8) is 0 Å². The van der Waals surface area contributed by atoms with E-state index in [0.29, 0.717) is 11.9 Å². The second-order valence-corrected chi connectivity index (χ2v) is 4.63. The van der Waals surface area contributed by atoms with E-state index in [4.69, 9.17) is 4.84 Å². The summed E-state index contributed by atoms with van der Waals surface area (Å²) in [4.78, 5) is 29.8. The Hall–Kier alpha value is -2.24. The zero-order valence-electron chi connectivity index (χ0n) is 11.8. The second kappa shape index (κ2) is 6.27. The summed E-state index contributed by atoms with van der Waals surface area (Å²) in [5, 5.41) is 3.15. The molecule has 20 heavy (non-hydrogen) atoms. The van der Waals surface area contributed by atoms with Gasteiger partial charge in [0.1, 0.15) is 0 Å². The molecule has 0 fully saturated rings. The molecule has 0 aliphatic rings. The summed E-state index contributed by atoms with van der Waals surface area (Å²) in [6.45, 7) is 2.64. The van der Waals surface area contributed by atoms with Crippen LogP contribution in [0.5, 0.6) is 0 Å². The van der Waals surface area contributed by atoms with Crippen LogP contribution >= 0.6 is 0 Å². The first-order valence-electron chi connectivity index (χ1n) is 6.78. The number of fused-ring (bicyclic) bond motifs is 1. The summed E-state index contributed by atoms with van der Waals surface area (Å²) in [7, 11) is 1.67. The molecule has 2 rings (SSSR count). The van der Waals surface area contributed by atoms with Crippen LogP contribution in [0.1, 0.15) is 26.2 Å². The number of nitrogens with one attached hydrogen (secondary N) is 1. The Morgan fingerprint density at radius 3 is 2.75 bits per heavy atom. The predicted molar refractivity (Wildman–Crippen MR) is 76.7 cm³/mol. The topological polar surface area (TPSA) is 65.3 Å². The number of aryl methyl sites for hydroxylation is 1. The number of nitrogens with zero attached hydrogens (tertiary/aromatic N) is 2. The third-order valence-corrected chi connectivity index (χ3v) is 3.15. The number of rotatable bonds is 5. The molecule has 6 heteroatoms. The van der Waals surface area contributed by atoms with E-state index in [2.05, 4.69) is 12.2 Å². The van der Waals surface area contributed by atoms with Crippen LogP contribution in [0.25, 0.3) is 10.9 Å². The third-order valence-electron chi connectivity index (χ3n) is 3.15. The number of carbonyl (C=O) groups is 1. The van der Waals surface area contributed by atoms with Crippen LogP contribution in [0, 0.1) is 0 Å². The fourth-order valence-corrected chi connectivity index (χ4v) is 2.05. The number of unbranched alkanes of at least 4 members (excludes halogenated alkanes) is 2. The molecule has 0 saturated heterocycles. The van der Waals surface area contributed by atoms with Crippen LogP contribution in [0.3, 0.4) is 0 Å². The molecule has 0 aliphatic heterocycles. The molecule has 108 valence electrons. The smallest absolute Gasteiger partial charge is 0.320 e. The average molecular weight is 277 g/mol. The van der Waals surface area contributed by atoms with Crippen molar-refractivity contribution >= 4 is 17.0 Å². The Morgan fingerprint density at radius 2 is 2.05 bits per heavy atom. The maximum Gasteiger partial charge on any atom is 0.433 e. The Morgan fingerprint density at radius 1 is 1.30 bits per heavy atom. The average Bonchev–Trinajstić information content (AvgIpc) is 2.69. The highest BCUT2D eigenvalue weighted by Crippen LogP contribution is 2.08. The Balaban J connectivity index is 2.10. The summed E-state index contributed by atoms with van der Waals surface area (Å²) < 4.78 is 1.52. The minimum atomic E-state index is -0.617. The molecule has 1 aromatic heterocycles. The first-order chi connectivity index (χ1) is 9.65. The Kier molecular flexibility index (Phi) is 4.45. The molecule has 0 bridgehead atoms. The number of hydrogen-bond acceptors (Lipinski definition) is 3. The fraction of sp³-hybridized carbons (Fsp3) is 0.429. The number of aromatic nitrogens is 2. The molecular formula is C14H19N3O3. The standard InChI is InChI=1S/C14H19N3O3/c1-3-4-7-10-15-14(19)20-17-13(18)11-8-5-6-9-12(11)16(17)2/h5-6,8-9H,3-4,7,10H2,1-2H3,(H,15,19). The molecule has 1 heterocycles. The zero-order valence-corrected chi connectivity index (χ0v) is 11.8. The summed E-state index contributed by atoms with van der Waals surface area (Å²) in [6, 6.07) is 7.11. The van der Waals surface area contributed by atoms with Crippen LogP contribution in [-0.2, 0) is 7.05 Å². The van der Waals surface area contributed by atoms with Crippen LogP contribution < -0.4 is 15.7 Å². The number of carbonyl (C=O) groups excluding carboxylic acids is 1. The van der Waals surface area contributed by atoms with Gasteiger partial charge in [-0.25, -0.2) is 4.79 Å².